The van der Waals surface area contributed by atoms with Gasteiger partial charge in [0.25, 0.3) is 0 Å². The predicted molar refractivity (Wildman–Crippen MR) is 48.6 cm³/mol. The van der Waals surface area contributed by atoms with E-state index in [1.807, 2.05) is 6.07 Å². The van der Waals surface area contributed by atoms with E-state index in [-0.39, 0.29) is 6.79 Å². The van der Waals surface area contributed by atoms with Gasteiger partial charge in [0.2, 0.25) is 6.79 Å². The van der Waals surface area contributed by atoms with E-state index in [0.717, 1.165) is 6.08 Å². The third-order valence-electron chi connectivity index (χ3n) is 1.84. The Kier molecular flexibility index (Phi) is 2.10. The number of rotatable bonds is 1. The van der Waals surface area contributed by atoms with Crippen molar-refractivity contribution in [1.82, 2.24) is 0 Å². The highest BCUT2D eigenvalue weighted by atomic mass is 16.7. The lowest BCUT2D eigenvalue weighted by atomic mass is 10.1. The second kappa shape index (κ2) is 3.41. The fraction of sp³-hybridized carbons (Fsp3) is 0.100. The van der Waals surface area contributed by atoms with Crippen LogP contribution in [-0.2, 0) is 9.53 Å². The first kappa shape index (κ1) is 8.62. The van der Waals surface area contributed by atoms with Crippen LogP contribution in [0.15, 0.2) is 30.3 Å². The minimum Gasteiger partial charge on any atom is -0.478 e. The topological polar surface area (TPSA) is 55.8 Å². The largest absolute Gasteiger partial charge is 0.478 e. The van der Waals surface area contributed by atoms with Gasteiger partial charge in [0.05, 0.1) is 11.6 Å². The molecule has 0 unspecified atom stereocenters. The monoisotopic (exact) mass is 192 g/mol. The average molecular weight is 192 g/mol. The lowest BCUT2D eigenvalue weighted by molar-refractivity contribution is -0.131. The summed E-state index contributed by atoms with van der Waals surface area (Å²) in [4.78, 5) is 10.5. The molecule has 72 valence electrons. The van der Waals surface area contributed by atoms with Gasteiger partial charge in [0.1, 0.15) is 11.5 Å². The van der Waals surface area contributed by atoms with Gasteiger partial charge in [-0.15, -0.1) is 0 Å². The number of benzene rings is 1. The minimum atomic E-state index is -1.03. The first-order valence-corrected chi connectivity index (χ1v) is 4.07. The van der Waals surface area contributed by atoms with E-state index < -0.39 is 5.97 Å². The molecule has 0 spiro atoms. The molecule has 0 radical (unpaired) electrons. The zero-order valence-electron chi connectivity index (χ0n) is 7.27. The number of ether oxygens (including phenoxy) is 2. The number of carboxylic acid groups (broad SMARTS) is 1. The average Bonchev–Trinajstić information content (AvgIpc) is 2.18. The summed E-state index contributed by atoms with van der Waals surface area (Å²) in [5.74, 6) is -0.0534. The Hall–Kier alpha value is -1.97. The molecular weight excluding hydrogens is 184 g/mol. The summed E-state index contributed by atoms with van der Waals surface area (Å²) in [6.07, 6.45) is 1.03. The number of fused-ring (bicyclic) bond motifs is 1. The van der Waals surface area contributed by atoms with Gasteiger partial charge in [-0.3, -0.25) is 0 Å². The molecule has 1 aliphatic heterocycles. The van der Waals surface area contributed by atoms with Crippen LogP contribution in [0.4, 0.5) is 0 Å². The summed E-state index contributed by atoms with van der Waals surface area (Å²) >= 11 is 0. The van der Waals surface area contributed by atoms with Crippen molar-refractivity contribution in [2.45, 2.75) is 0 Å². The van der Waals surface area contributed by atoms with E-state index in [1.165, 1.54) is 0 Å². The molecule has 4 nitrogen and oxygen atoms in total. The quantitative estimate of drug-likeness (QED) is 0.684. The number of aliphatic carboxylic acids is 1. The SMILES string of the molecule is O=C(O)C=C1OCOc2ccccc21. The third kappa shape index (κ3) is 1.54. The van der Waals surface area contributed by atoms with Crippen molar-refractivity contribution in [3.63, 3.8) is 0 Å². The molecule has 1 aromatic carbocycles. The van der Waals surface area contributed by atoms with E-state index >= 15 is 0 Å². The molecule has 1 aliphatic rings. The molecule has 0 bridgehead atoms. The molecule has 0 saturated heterocycles. The maximum atomic E-state index is 10.5. The summed E-state index contributed by atoms with van der Waals surface area (Å²) in [5.41, 5.74) is 0.668. The maximum Gasteiger partial charge on any atom is 0.332 e. The molecule has 4 heteroatoms. The van der Waals surface area contributed by atoms with Crippen molar-refractivity contribution in [2.24, 2.45) is 0 Å². The van der Waals surface area contributed by atoms with Crippen LogP contribution >= 0.6 is 0 Å². The smallest absolute Gasteiger partial charge is 0.332 e. The van der Waals surface area contributed by atoms with Crippen molar-refractivity contribution >= 4 is 11.7 Å². The van der Waals surface area contributed by atoms with Gasteiger partial charge >= 0.3 is 5.97 Å². The molecule has 1 heterocycles. The highest BCUT2D eigenvalue weighted by molar-refractivity contribution is 5.89. The van der Waals surface area contributed by atoms with E-state index in [4.69, 9.17) is 14.6 Å². The number of hydrogen-bond acceptors (Lipinski definition) is 3. The van der Waals surface area contributed by atoms with Gasteiger partial charge < -0.3 is 14.6 Å². The number of carboxylic acids is 1. The molecule has 1 aromatic rings. The molecule has 0 atom stereocenters. The fourth-order valence-corrected chi connectivity index (χ4v) is 1.26. The molecule has 0 aromatic heterocycles. The molecule has 2 rings (SSSR count). The Morgan fingerprint density at radius 1 is 1.36 bits per heavy atom. The van der Waals surface area contributed by atoms with Crippen LogP contribution in [0.25, 0.3) is 5.76 Å². The van der Waals surface area contributed by atoms with Gasteiger partial charge in [-0.1, -0.05) is 12.1 Å². The van der Waals surface area contributed by atoms with Crippen molar-refractivity contribution in [1.29, 1.82) is 0 Å². The first-order chi connectivity index (χ1) is 6.77. The Balaban J connectivity index is 2.45. The lowest BCUT2D eigenvalue weighted by Crippen LogP contribution is -2.11. The third-order valence-corrected chi connectivity index (χ3v) is 1.84. The molecule has 0 amide bonds. The minimum absolute atomic E-state index is 0.0517. The van der Waals surface area contributed by atoms with Crippen LogP contribution in [-0.4, -0.2) is 17.9 Å². The summed E-state index contributed by atoms with van der Waals surface area (Å²) in [6.45, 7) is 0.0517. The summed E-state index contributed by atoms with van der Waals surface area (Å²) in [7, 11) is 0. The maximum absolute atomic E-state index is 10.5. The second-order valence-corrected chi connectivity index (χ2v) is 2.75. The van der Waals surface area contributed by atoms with Crippen molar-refractivity contribution in [3.05, 3.63) is 35.9 Å². The van der Waals surface area contributed by atoms with Crippen LogP contribution in [0.2, 0.25) is 0 Å². The Bertz CT molecular complexity index is 395. The molecule has 1 N–H and O–H groups in total. The van der Waals surface area contributed by atoms with E-state index in [1.54, 1.807) is 18.2 Å². The Morgan fingerprint density at radius 2 is 2.14 bits per heavy atom. The second-order valence-electron chi connectivity index (χ2n) is 2.75. The van der Waals surface area contributed by atoms with Crippen molar-refractivity contribution in [3.8, 4) is 5.75 Å². The van der Waals surface area contributed by atoms with Crippen LogP contribution in [0.1, 0.15) is 5.56 Å². The normalized spacial score (nSPS) is 16.7. The number of carbonyl (C=O) groups is 1. The lowest BCUT2D eigenvalue weighted by Gasteiger charge is -2.19. The van der Waals surface area contributed by atoms with E-state index in [2.05, 4.69) is 0 Å². The van der Waals surface area contributed by atoms with Crippen molar-refractivity contribution < 1.29 is 19.4 Å². The van der Waals surface area contributed by atoms with Gasteiger partial charge in [-0.25, -0.2) is 4.79 Å². The van der Waals surface area contributed by atoms with Gasteiger partial charge in [-0.05, 0) is 12.1 Å². The van der Waals surface area contributed by atoms with E-state index in [9.17, 15) is 4.79 Å². The predicted octanol–water partition coefficient (Wildman–Crippen LogP) is 1.48. The first-order valence-electron chi connectivity index (χ1n) is 4.07. The molecule has 0 fully saturated rings. The highest BCUT2D eigenvalue weighted by Crippen LogP contribution is 2.30. The molecule has 14 heavy (non-hydrogen) atoms. The van der Waals surface area contributed by atoms with Crippen LogP contribution in [0.5, 0.6) is 5.75 Å². The van der Waals surface area contributed by atoms with Crippen LogP contribution in [0.3, 0.4) is 0 Å². The highest BCUT2D eigenvalue weighted by Gasteiger charge is 2.16. The van der Waals surface area contributed by atoms with Gasteiger partial charge in [0, 0.05) is 0 Å². The zero-order chi connectivity index (χ0) is 9.97. The summed E-state index contributed by atoms with van der Waals surface area (Å²) in [6, 6.07) is 7.14. The van der Waals surface area contributed by atoms with Gasteiger partial charge in [-0.2, -0.15) is 0 Å². The van der Waals surface area contributed by atoms with E-state index in [0.29, 0.717) is 17.1 Å². The summed E-state index contributed by atoms with van der Waals surface area (Å²) in [5, 5.41) is 8.59. The number of hydrogen-bond donors (Lipinski definition) is 1. The standard InChI is InChI=1S/C10H8O4/c11-10(12)5-9-7-3-1-2-4-8(7)13-6-14-9/h1-5H,6H2,(H,11,12). The zero-order valence-corrected chi connectivity index (χ0v) is 7.27. The fourth-order valence-electron chi connectivity index (χ4n) is 1.26. The molecule has 0 saturated carbocycles. The number of para-hydroxylation sites is 1. The Labute approximate surface area is 80.4 Å². The van der Waals surface area contributed by atoms with Crippen LogP contribution in [0, 0.1) is 0 Å². The summed E-state index contributed by atoms with van der Waals surface area (Å²) < 4.78 is 10.3. The van der Waals surface area contributed by atoms with Crippen LogP contribution < -0.4 is 4.74 Å². The van der Waals surface area contributed by atoms with Crippen molar-refractivity contribution in [2.75, 3.05) is 6.79 Å². The Morgan fingerprint density at radius 3 is 2.93 bits per heavy atom. The van der Waals surface area contributed by atoms with Gasteiger partial charge in [0.15, 0.2) is 0 Å². The molecule has 0 aliphatic carbocycles. The molecular formula is C10H8O4.